The van der Waals surface area contributed by atoms with Gasteiger partial charge in [-0.05, 0) is 42.0 Å². The number of benzene rings is 2. The van der Waals surface area contributed by atoms with Gasteiger partial charge in [-0.25, -0.2) is 18.7 Å². The van der Waals surface area contributed by atoms with E-state index < -0.39 is 16.8 Å². The van der Waals surface area contributed by atoms with Crippen LogP contribution >= 0.6 is 11.6 Å². The van der Waals surface area contributed by atoms with E-state index in [0.717, 1.165) is 0 Å². The van der Waals surface area contributed by atoms with Crippen LogP contribution in [-0.4, -0.2) is 15.1 Å². The molecule has 5 nitrogen and oxygen atoms in total. The molecule has 1 heterocycles. The van der Waals surface area contributed by atoms with Gasteiger partial charge in [-0.15, -0.1) is 0 Å². The maximum absolute atomic E-state index is 13.2. The lowest BCUT2D eigenvalue weighted by Crippen LogP contribution is -2.15. The summed E-state index contributed by atoms with van der Waals surface area (Å²) in [6.45, 7) is 0. The summed E-state index contributed by atoms with van der Waals surface area (Å²) in [5.41, 5.74) is 2.32. The van der Waals surface area contributed by atoms with Crippen LogP contribution < -0.4 is 10.5 Å². The van der Waals surface area contributed by atoms with Gasteiger partial charge in [-0.2, -0.15) is 0 Å². The number of hydrogen-bond donors (Lipinski definition) is 2. The minimum absolute atomic E-state index is 0.0155. The van der Waals surface area contributed by atoms with E-state index in [1.54, 1.807) is 48.7 Å². The SMILES string of the molecule is NS(=O)c1cc(NC(=O)Cc2cccc(F)c2)ccc1-c1ccc(Cl)nc1. The van der Waals surface area contributed by atoms with Crippen LogP contribution in [0.25, 0.3) is 11.1 Å². The summed E-state index contributed by atoms with van der Waals surface area (Å²) in [6, 6.07) is 14.1. The van der Waals surface area contributed by atoms with Crippen molar-refractivity contribution in [3.05, 3.63) is 77.3 Å². The third kappa shape index (κ3) is 4.97. The van der Waals surface area contributed by atoms with Crippen molar-refractivity contribution in [1.29, 1.82) is 0 Å². The summed E-state index contributed by atoms with van der Waals surface area (Å²) in [7, 11) is -1.77. The Morgan fingerprint density at radius 3 is 2.67 bits per heavy atom. The summed E-state index contributed by atoms with van der Waals surface area (Å²) < 4.78 is 25.2. The highest BCUT2D eigenvalue weighted by Crippen LogP contribution is 2.28. The molecule has 1 atom stereocenters. The molecule has 3 N–H and O–H groups in total. The number of carbonyl (C=O) groups is 1. The Labute approximate surface area is 163 Å². The van der Waals surface area contributed by atoms with E-state index in [2.05, 4.69) is 10.3 Å². The predicted octanol–water partition coefficient (Wildman–Crippen LogP) is 3.70. The smallest absolute Gasteiger partial charge is 0.228 e. The third-order valence-corrected chi connectivity index (χ3v) is 4.77. The monoisotopic (exact) mass is 403 g/mol. The van der Waals surface area contributed by atoms with E-state index >= 15 is 0 Å². The molecule has 0 radical (unpaired) electrons. The highest BCUT2D eigenvalue weighted by Gasteiger charge is 2.12. The number of amides is 1. The molecule has 0 aliphatic rings. The fraction of sp³-hybridized carbons (Fsp3) is 0.0526. The van der Waals surface area contributed by atoms with Gasteiger partial charge in [0.15, 0.2) is 0 Å². The number of aromatic nitrogens is 1. The zero-order chi connectivity index (χ0) is 19.4. The van der Waals surface area contributed by atoms with Crippen molar-refractivity contribution in [3.8, 4) is 11.1 Å². The topological polar surface area (TPSA) is 85.1 Å². The van der Waals surface area contributed by atoms with E-state index in [-0.39, 0.29) is 12.3 Å². The third-order valence-electron chi connectivity index (χ3n) is 3.77. The van der Waals surface area contributed by atoms with E-state index in [1.165, 1.54) is 12.1 Å². The first-order chi connectivity index (χ1) is 12.9. The van der Waals surface area contributed by atoms with Crippen molar-refractivity contribution in [2.75, 3.05) is 5.32 Å². The fourth-order valence-corrected chi connectivity index (χ4v) is 3.34. The molecular weight excluding hydrogens is 389 g/mol. The molecule has 1 amide bonds. The lowest BCUT2D eigenvalue weighted by Gasteiger charge is -2.11. The molecule has 0 saturated carbocycles. The number of halogens is 2. The van der Waals surface area contributed by atoms with Gasteiger partial charge in [0.2, 0.25) is 5.91 Å². The first-order valence-electron chi connectivity index (χ1n) is 7.89. The summed E-state index contributed by atoms with van der Waals surface area (Å²) in [6.07, 6.45) is 1.57. The van der Waals surface area contributed by atoms with Gasteiger partial charge in [0.1, 0.15) is 22.0 Å². The van der Waals surface area contributed by atoms with Crippen LogP contribution in [-0.2, 0) is 22.2 Å². The van der Waals surface area contributed by atoms with Gasteiger partial charge < -0.3 is 5.32 Å². The van der Waals surface area contributed by atoms with Gasteiger partial charge in [0.25, 0.3) is 0 Å². The first-order valence-corrected chi connectivity index (χ1v) is 9.48. The second kappa shape index (κ2) is 8.39. The maximum atomic E-state index is 13.2. The largest absolute Gasteiger partial charge is 0.326 e. The molecule has 0 saturated heterocycles. The van der Waals surface area contributed by atoms with Gasteiger partial charge in [0, 0.05) is 23.0 Å². The zero-order valence-electron chi connectivity index (χ0n) is 14.0. The molecule has 1 aromatic heterocycles. The molecule has 27 heavy (non-hydrogen) atoms. The Balaban J connectivity index is 1.82. The van der Waals surface area contributed by atoms with E-state index in [1.807, 2.05) is 0 Å². The number of nitrogens with zero attached hydrogens (tertiary/aromatic N) is 1. The van der Waals surface area contributed by atoms with Crippen LogP contribution in [0.2, 0.25) is 5.15 Å². The zero-order valence-corrected chi connectivity index (χ0v) is 15.6. The van der Waals surface area contributed by atoms with Crippen LogP contribution in [0.15, 0.2) is 65.7 Å². The molecule has 0 aliphatic carbocycles. The minimum Gasteiger partial charge on any atom is -0.326 e. The summed E-state index contributed by atoms with van der Waals surface area (Å²) in [5, 5.41) is 8.64. The summed E-state index contributed by atoms with van der Waals surface area (Å²) in [4.78, 5) is 16.6. The van der Waals surface area contributed by atoms with Crippen molar-refractivity contribution >= 4 is 34.2 Å². The Bertz CT molecular complexity index is 1010. The van der Waals surface area contributed by atoms with Gasteiger partial charge in [-0.3, -0.25) is 4.79 Å². The molecule has 0 spiro atoms. The van der Waals surface area contributed by atoms with Gasteiger partial charge in [-0.1, -0.05) is 29.8 Å². The van der Waals surface area contributed by atoms with Crippen molar-refractivity contribution in [2.45, 2.75) is 11.3 Å². The average Bonchev–Trinajstić information content (AvgIpc) is 2.62. The predicted molar refractivity (Wildman–Crippen MR) is 104 cm³/mol. The van der Waals surface area contributed by atoms with E-state index in [9.17, 15) is 13.4 Å². The number of nitrogens with two attached hydrogens (primary N) is 1. The number of carbonyl (C=O) groups excluding carboxylic acids is 1. The molecule has 0 bridgehead atoms. The van der Waals surface area contributed by atoms with Crippen LogP contribution in [0.4, 0.5) is 10.1 Å². The molecular formula is C19H15ClFN3O2S. The molecule has 3 rings (SSSR count). The number of rotatable bonds is 5. The number of nitrogens with one attached hydrogen (secondary N) is 1. The van der Waals surface area contributed by atoms with Crippen LogP contribution in [0.1, 0.15) is 5.56 Å². The fourth-order valence-electron chi connectivity index (χ4n) is 2.58. The molecule has 0 aliphatic heterocycles. The van der Waals surface area contributed by atoms with Crippen molar-refractivity contribution in [3.63, 3.8) is 0 Å². The minimum atomic E-state index is -1.77. The van der Waals surface area contributed by atoms with Gasteiger partial charge >= 0.3 is 0 Å². The Kier molecular flexibility index (Phi) is 5.95. The molecule has 1 unspecified atom stereocenters. The molecule has 3 aromatic rings. The second-order valence-electron chi connectivity index (χ2n) is 5.73. The highest BCUT2D eigenvalue weighted by molar-refractivity contribution is 7.82. The quantitative estimate of drug-likeness (QED) is 0.637. The van der Waals surface area contributed by atoms with E-state index in [0.29, 0.717) is 32.4 Å². The lowest BCUT2D eigenvalue weighted by atomic mass is 10.1. The molecule has 138 valence electrons. The standard InChI is InChI=1S/C19H15ClFN3O2S/c20-18-7-4-13(11-23-18)16-6-5-15(10-17(16)27(22)26)24-19(25)9-12-2-1-3-14(21)8-12/h1-8,10-11H,9,22H2,(H,24,25). The van der Waals surface area contributed by atoms with Crippen LogP contribution in [0.5, 0.6) is 0 Å². The maximum Gasteiger partial charge on any atom is 0.228 e. The Morgan fingerprint density at radius 2 is 2.00 bits per heavy atom. The first kappa shape index (κ1) is 19.2. The highest BCUT2D eigenvalue weighted by atomic mass is 35.5. The van der Waals surface area contributed by atoms with Crippen molar-refractivity contribution in [1.82, 2.24) is 4.98 Å². The Morgan fingerprint density at radius 1 is 1.19 bits per heavy atom. The Hall–Kier alpha value is -2.61. The molecule has 2 aromatic carbocycles. The molecule has 8 heteroatoms. The number of anilines is 1. The number of hydrogen-bond acceptors (Lipinski definition) is 3. The summed E-state index contributed by atoms with van der Waals surface area (Å²) >= 11 is 5.79. The second-order valence-corrected chi connectivity index (χ2v) is 7.15. The van der Waals surface area contributed by atoms with Crippen molar-refractivity contribution < 1.29 is 13.4 Å². The van der Waals surface area contributed by atoms with E-state index in [4.69, 9.17) is 16.7 Å². The molecule has 0 fully saturated rings. The number of pyridine rings is 1. The average molecular weight is 404 g/mol. The lowest BCUT2D eigenvalue weighted by molar-refractivity contribution is -0.115. The van der Waals surface area contributed by atoms with Crippen molar-refractivity contribution in [2.24, 2.45) is 5.14 Å². The van der Waals surface area contributed by atoms with Crippen LogP contribution in [0.3, 0.4) is 0 Å². The summed E-state index contributed by atoms with van der Waals surface area (Å²) in [5.74, 6) is -0.725. The van der Waals surface area contributed by atoms with Gasteiger partial charge in [0.05, 0.1) is 11.3 Å². The van der Waals surface area contributed by atoms with Crippen LogP contribution in [0, 0.1) is 5.82 Å². The normalized spacial score (nSPS) is 11.8.